The molecule has 0 aliphatic heterocycles. The van der Waals surface area contributed by atoms with E-state index >= 15 is 0 Å². The Balaban J connectivity index is 2.30. The lowest BCUT2D eigenvalue weighted by Crippen LogP contribution is -2.00. The minimum absolute atomic E-state index is 0.776. The Hall–Kier alpha value is -2.36. The van der Waals surface area contributed by atoms with Gasteiger partial charge in [-0.2, -0.15) is 0 Å². The molecule has 0 saturated heterocycles. The Morgan fingerprint density at radius 1 is 1.26 bits per heavy atom. The summed E-state index contributed by atoms with van der Waals surface area (Å²) in [6, 6.07) is 9.81. The fourth-order valence-corrected chi connectivity index (χ4v) is 2.40. The van der Waals surface area contributed by atoms with E-state index in [2.05, 4.69) is 23.4 Å². The third-order valence-electron chi connectivity index (χ3n) is 3.31. The van der Waals surface area contributed by atoms with Crippen molar-refractivity contribution in [3.63, 3.8) is 0 Å². The van der Waals surface area contributed by atoms with Crippen molar-refractivity contribution < 1.29 is 0 Å². The standard InChI is InChI=1S/C15H16N4/c1-3-19-14(12-7-6-11(16)9-10(12)2)18-13-5-4-8-17-15(13)19/h4-9H,3,16H2,1-2H3. The van der Waals surface area contributed by atoms with Gasteiger partial charge in [-0.1, -0.05) is 0 Å². The Bertz CT molecular complexity index is 743. The zero-order valence-corrected chi connectivity index (χ0v) is 11.1. The zero-order chi connectivity index (χ0) is 13.4. The molecule has 0 radical (unpaired) electrons. The average Bonchev–Trinajstić information content (AvgIpc) is 2.76. The highest BCUT2D eigenvalue weighted by molar-refractivity contribution is 5.78. The van der Waals surface area contributed by atoms with Crippen molar-refractivity contribution in [2.45, 2.75) is 20.4 Å². The quantitative estimate of drug-likeness (QED) is 0.713. The largest absolute Gasteiger partial charge is 0.399 e. The van der Waals surface area contributed by atoms with Crippen molar-refractivity contribution in [2.24, 2.45) is 0 Å². The fraction of sp³-hybridized carbons (Fsp3) is 0.200. The Morgan fingerprint density at radius 3 is 2.84 bits per heavy atom. The van der Waals surface area contributed by atoms with Gasteiger partial charge in [-0.05, 0) is 49.7 Å². The van der Waals surface area contributed by atoms with E-state index in [4.69, 9.17) is 10.7 Å². The Kier molecular flexibility index (Phi) is 2.71. The fourth-order valence-electron chi connectivity index (χ4n) is 2.40. The molecule has 2 aromatic heterocycles. The summed E-state index contributed by atoms with van der Waals surface area (Å²) >= 11 is 0. The van der Waals surface area contributed by atoms with Crippen LogP contribution in [0.5, 0.6) is 0 Å². The van der Waals surface area contributed by atoms with Crippen LogP contribution in [-0.4, -0.2) is 14.5 Å². The van der Waals surface area contributed by atoms with E-state index in [-0.39, 0.29) is 0 Å². The minimum Gasteiger partial charge on any atom is -0.399 e. The lowest BCUT2D eigenvalue weighted by Gasteiger charge is -2.08. The van der Waals surface area contributed by atoms with Gasteiger partial charge in [0.2, 0.25) is 0 Å². The van der Waals surface area contributed by atoms with Crippen molar-refractivity contribution >= 4 is 16.9 Å². The smallest absolute Gasteiger partial charge is 0.160 e. The van der Waals surface area contributed by atoms with Crippen LogP contribution in [0.2, 0.25) is 0 Å². The van der Waals surface area contributed by atoms with Crippen LogP contribution in [-0.2, 0) is 6.54 Å². The lowest BCUT2D eigenvalue weighted by molar-refractivity contribution is 0.786. The maximum absolute atomic E-state index is 5.81. The number of nitrogen functional groups attached to an aromatic ring is 1. The minimum atomic E-state index is 0.776. The first-order valence-electron chi connectivity index (χ1n) is 6.38. The highest BCUT2D eigenvalue weighted by atomic mass is 15.1. The van der Waals surface area contributed by atoms with Gasteiger partial charge < -0.3 is 10.3 Å². The van der Waals surface area contributed by atoms with Crippen LogP contribution in [0.1, 0.15) is 12.5 Å². The van der Waals surface area contributed by atoms with Gasteiger partial charge in [0.05, 0.1) is 0 Å². The topological polar surface area (TPSA) is 56.7 Å². The highest BCUT2D eigenvalue weighted by Gasteiger charge is 2.13. The normalized spacial score (nSPS) is 11.1. The summed E-state index contributed by atoms with van der Waals surface area (Å²) in [6.45, 7) is 5.00. The molecule has 0 aliphatic carbocycles. The molecule has 19 heavy (non-hydrogen) atoms. The van der Waals surface area contributed by atoms with Crippen molar-refractivity contribution in [3.8, 4) is 11.4 Å². The van der Waals surface area contributed by atoms with Gasteiger partial charge in [-0.3, -0.25) is 0 Å². The highest BCUT2D eigenvalue weighted by Crippen LogP contribution is 2.27. The van der Waals surface area contributed by atoms with E-state index in [1.54, 1.807) is 6.20 Å². The predicted octanol–water partition coefficient (Wildman–Crippen LogP) is 3.01. The van der Waals surface area contributed by atoms with Gasteiger partial charge in [0.1, 0.15) is 11.3 Å². The molecule has 2 heterocycles. The van der Waals surface area contributed by atoms with Crippen molar-refractivity contribution in [2.75, 3.05) is 5.73 Å². The summed E-state index contributed by atoms with van der Waals surface area (Å²) < 4.78 is 2.13. The molecular weight excluding hydrogens is 236 g/mol. The monoisotopic (exact) mass is 252 g/mol. The number of hydrogen-bond acceptors (Lipinski definition) is 3. The van der Waals surface area contributed by atoms with Crippen LogP contribution in [0.15, 0.2) is 36.5 Å². The summed E-state index contributed by atoms with van der Waals surface area (Å²) in [5.74, 6) is 0.953. The zero-order valence-electron chi connectivity index (χ0n) is 11.1. The molecule has 0 aliphatic rings. The molecule has 4 heteroatoms. The lowest BCUT2D eigenvalue weighted by atomic mass is 10.1. The Labute approximate surface area is 111 Å². The predicted molar refractivity (Wildman–Crippen MR) is 77.8 cm³/mol. The summed E-state index contributed by atoms with van der Waals surface area (Å²) in [7, 11) is 0. The SMILES string of the molecule is CCn1c(-c2ccc(N)cc2C)nc2cccnc21. The number of hydrogen-bond donors (Lipinski definition) is 1. The molecule has 0 unspecified atom stereocenters. The third-order valence-corrected chi connectivity index (χ3v) is 3.31. The second-order valence-corrected chi connectivity index (χ2v) is 4.60. The van der Waals surface area contributed by atoms with Crippen molar-refractivity contribution in [1.29, 1.82) is 0 Å². The van der Waals surface area contributed by atoms with Crippen LogP contribution < -0.4 is 5.73 Å². The third kappa shape index (κ3) is 1.85. The number of aromatic nitrogens is 3. The van der Waals surface area contributed by atoms with E-state index in [1.807, 2.05) is 30.3 Å². The van der Waals surface area contributed by atoms with Crippen LogP contribution in [0.4, 0.5) is 5.69 Å². The van der Waals surface area contributed by atoms with Crippen LogP contribution in [0, 0.1) is 6.92 Å². The number of anilines is 1. The van der Waals surface area contributed by atoms with Crippen LogP contribution in [0.3, 0.4) is 0 Å². The van der Waals surface area contributed by atoms with Crippen LogP contribution in [0.25, 0.3) is 22.6 Å². The number of pyridine rings is 1. The second kappa shape index (κ2) is 4.39. The molecule has 0 amide bonds. The number of benzene rings is 1. The number of nitrogens with zero attached hydrogens (tertiary/aromatic N) is 3. The number of nitrogens with two attached hydrogens (primary N) is 1. The van der Waals surface area contributed by atoms with Gasteiger partial charge in [-0.15, -0.1) is 0 Å². The molecule has 2 N–H and O–H groups in total. The number of aryl methyl sites for hydroxylation is 2. The number of rotatable bonds is 2. The summed E-state index contributed by atoms with van der Waals surface area (Å²) in [6.07, 6.45) is 1.80. The molecule has 0 spiro atoms. The second-order valence-electron chi connectivity index (χ2n) is 4.60. The molecule has 96 valence electrons. The summed E-state index contributed by atoms with van der Waals surface area (Å²) in [4.78, 5) is 9.13. The Morgan fingerprint density at radius 2 is 2.11 bits per heavy atom. The van der Waals surface area contributed by atoms with E-state index in [1.165, 1.54) is 0 Å². The van der Waals surface area contributed by atoms with Crippen LogP contribution >= 0.6 is 0 Å². The molecule has 0 fully saturated rings. The molecule has 3 aromatic rings. The van der Waals surface area contributed by atoms with E-state index in [0.29, 0.717) is 0 Å². The molecule has 0 saturated carbocycles. The molecule has 3 rings (SSSR count). The van der Waals surface area contributed by atoms with Gasteiger partial charge >= 0.3 is 0 Å². The van der Waals surface area contributed by atoms with E-state index in [9.17, 15) is 0 Å². The maximum atomic E-state index is 5.81. The summed E-state index contributed by atoms with van der Waals surface area (Å²) in [5.41, 5.74) is 10.7. The first kappa shape index (κ1) is 11.7. The number of fused-ring (bicyclic) bond motifs is 1. The van der Waals surface area contributed by atoms with Gasteiger partial charge in [-0.25, -0.2) is 9.97 Å². The van der Waals surface area contributed by atoms with Crippen molar-refractivity contribution in [3.05, 3.63) is 42.1 Å². The molecule has 0 bridgehead atoms. The maximum Gasteiger partial charge on any atom is 0.160 e. The molecule has 0 atom stereocenters. The van der Waals surface area contributed by atoms with Gasteiger partial charge in [0, 0.05) is 24.0 Å². The molecule has 4 nitrogen and oxygen atoms in total. The first-order chi connectivity index (χ1) is 9.20. The first-order valence-corrected chi connectivity index (χ1v) is 6.38. The molecule has 1 aromatic carbocycles. The van der Waals surface area contributed by atoms with Crippen molar-refractivity contribution in [1.82, 2.24) is 14.5 Å². The van der Waals surface area contributed by atoms with Gasteiger partial charge in [0.15, 0.2) is 5.65 Å². The van der Waals surface area contributed by atoms with E-state index < -0.39 is 0 Å². The summed E-state index contributed by atoms with van der Waals surface area (Å²) in [5, 5.41) is 0. The van der Waals surface area contributed by atoms with Gasteiger partial charge in [0.25, 0.3) is 0 Å². The average molecular weight is 252 g/mol. The van der Waals surface area contributed by atoms with E-state index in [0.717, 1.165) is 40.3 Å². The number of imidazole rings is 1. The molecular formula is C15H16N4.